The molecule has 4 aromatic heterocycles. The molecule has 0 unspecified atom stereocenters. The van der Waals surface area contributed by atoms with E-state index in [1.807, 2.05) is 0 Å². The Morgan fingerprint density at radius 3 is 1.86 bits per heavy atom. The van der Waals surface area contributed by atoms with Gasteiger partial charge in [0.15, 0.2) is 11.9 Å². The Balaban J connectivity index is 1.40. The number of nitrogen functional groups attached to an aromatic ring is 2. The molecule has 10 N–H and O–H groups in total. The van der Waals surface area contributed by atoms with Crippen LogP contribution < -0.4 is 22.1 Å². The van der Waals surface area contributed by atoms with Gasteiger partial charge in [0.1, 0.15) is 11.4 Å². The van der Waals surface area contributed by atoms with E-state index in [1.165, 1.54) is 0 Å². The number of nitrogens with zero attached hydrogens (tertiary/aromatic N) is 2. The number of rotatable bonds is 8. The van der Waals surface area contributed by atoms with Crippen LogP contribution in [-0.2, 0) is 0 Å². The minimum Gasteiger partial charge on any atom is -0.369 e. The monoisotopic (exact) mass is 540 g/mol. The van der Waals surface area contributed by atoms with Crippen molar-refractivity contribution in [2.75, 3.05) is 24.6 Å². The molecule has 4 atom stereocenters. The molecule has 1 aliphatic rings. The molecule has 1 aliphatic carbocycles. The first-order valence-electron chi connectivity index (χ1n) is 11.1. The number of amides is 2. The molecule has 0 aliphatic heterocycles. The molecule has 0 radical (unpaired) electrons. The fourth-order valence-corrected chi connectivity index (χ4v) is 5.30. The van der Waals surface area contributed by atoms with Gasteiger partial charge in [-0.2, -0.15) is 0 Å². The lowest BCUT2D eigenvalue weighted by Crippen LogP contribution is -2.53. The van der Waals surface area contributed by atoms with Gasteiger partial charge < -0.3 is 42.0 Å². The maximum absolute atomic E-state index is 12.7. The molecule has 4 aromatic rings. The van der Waals surface area contributed by atoms with Gasteiger partial charge in [0.2, 0.25) is 0 Å². The van der Waals surface area contributed by atoms with Crippen molar-refractivity contribution in [3.05, 3.63) is 70.2 Å². The van der Waals surface area contributed by atoms with Gasteiger partial charge in [0, 0.05) is 42.5 Å². The van der Waals surface area contributed by atoms with E-state index in [1.54, 1.807) is 42.9 Å². The third-order valence-electron chi connectivity index (χ3n) is 6.54. The Labute approximate surface area is 208 Å². The third kappa shape index (κ3) is 4.54. The third-order valence-corrected chi connectivity index (χ3v) is 7.00. The van der Waals surface area contributed by atoms with Crippen LogP contribution >= 0.6 is 15.9 Å². The molecule has 13 heteroatoms. The highest BCUT2D eigenvalue weighted by Crippen LogP contribution is 2.56. The summed E-state index contributed by atoms with van der Waals surface area (Å²) >= 11 is 3.32. The van der Waals surface area contributed by atoms with Gasteiger partial charge in [-0.05, 0) is 52.0 Å². The number of halogens is 1. The standard InChI is InChI=1S/C22H25BrN10O2/c23-16-4-3-13(31-16)20(35)28-7-11-10(6-27-19(34)12-2-1-5-26-12)17(14-8-29-21(24)32-14)18(11)15-9-30-22(25)33-15/h1-5,8-11,17-18,26,31H,6-7H2,(H,27,34)(H,28,35)(H3,24,29,32)(H3,25,30,33)/t10-,11-,17-,18-/m1/s1. The number of aromatic nitrogens is 6. The second-order valence-electron chi connectivity index (χ2n) is 8.55. The number of nitrogens with two attached hydrogens (primary N) is 2. The summed E-state index contributed by atoms with van der Waals surface area (Å²) in [6, 6.07) is 6.96. The number of carbonyl (C=O) groups excluding carboxylic acids is 2. The van der Waals surface area contributed by atoms with E-state index < -0.39 is 0 Å². The number of hydrogen-bond acceptors (Lipinski definition) is 6. The molecule has 12 nitrogen and oxygen atoms in total. The Bertz CT molecular complexity index is 1320. The van der Waals surface area contributed by atoms with Crippen LogP contribution in [0.4, 0.5) is 11.9 Å². The molecule has 4 heterocycles. The zero-order chi connectivity index (χ0) is 24.5. The summed E-state index contributed by atoms with van der Waals surface area (Å²) in [4.78, 5) is 45.8. The van der Waals surface area contributed by atoms with Gasteiger partial charge in [0.05, 0.1) is 17.0 Å². The highest BCUT2D eigenvalue weighted by atomic mass is 79.9. The summed E-state index contributed by atoms with van der Waals surface area (Å²) in [5.41, 5.74) is 14.4. The zero-order valence-electron chi connectivity index (χ0n) is 18.5. The summed E-state index contributed by atoms with van der Waals surface area (Å²) in [5.74, 6) is 0.00658. The molecule has 0 saturated heterocycles. The van der Waals surface area contributed by atoms with E-state index in [4.69, 9.17) is 11.5 Å². The maximum Gasteiger partial charge on any atom is 0.267 e. The molecule has 182 valence electrons. The Morgan fingerprint density at radius 1 is 0.857 bits per heavy atom. The average Bonchev–Trinajstić information content (AvgIpc) is 3.62. The van der Waals surface area contributed by atoms with Crippen molar-refractivity contribution in [3.8, 4) is 0 Å². The fourth-order valence-electron chi connectivity index (χ4n) is 4.95. The number of nitrogens with one attached hydrogen (secondary N) is 6. The van der Waals surface area contributed by atoms with Crippen LogP contribution in [0.5, 0.6) is 0 Å². The van der Waals surface area contributed by atoms with Crippen molar-refractivity contribution < 1.29 is 9.59 Å². The summed E-state index contributed by atoms with van der Waals surface area (Å²) in [6.07, 6.45) is 5.11. The van der Waals surface area contributed by atoms with Crippen molar-refractivity contribution >= 4 is 39.6 Å². The second-order valence-corrected chi connectivity index (χ2v) is 9.40. The number of aromatic amines is 4. The lowest BCUT2D eigenvalue weighted by molar-refractivity contribution is 0.0674. The number of carbonyl (C=O) groups is 2. The normalized spacial score (nSPS) is 21.4. The van der Waals surface area contributed by atoms with Crippen molar-refractivity contribution in [1.82, 2.24) is 40.5 Å². The SMILES string of the molecule is Nc1ncc([C@H]2[C@H](CNC(=O)c3ccc[nH]3)[C@@H](CNC(=O)c3ccc(Br)[nH]3)[C@@H]2c2cnc(N)[nH]2)[nH]1. The Kier molecular flexibility index (Phi) is 6.07. The lowest BCUT2D eigenvalue weighted by Gasteiger charge is -2.51. The minimum absolute atomic E-state index is 0.0287. The van der Waals surface area contributed by atoms with Crippen LogP contribution in [0.25, 0.3) is 0 Å². The van der Waals surface area contributed by atoms with E-state index in [0.29, 0.717) is 36.4 Å². The number of anilines is 2. The molecular formula is C22H25BrN10O2. The van der Waals surface area contributed by atoms with Gasteiger partial charge in [-0.1, -0.05) is 0 Å². The van der Waals surface area contributed by atoms with Crippen LogP contribution in [0.2, 0.25) is 0 Å². The van der Waals surface area contributed by atoms with Crippen molar-refractivity contribution in [2.24, 2.45) is 11.8 Å². The van der Waals surface area contributed by atoms with Gasteiger partial charge in [-0.15, -0.1) is 0 Å². The predicted octanol–water partition coefficient (Wildman–Crippen LogP) is 1.69. The van der Waals surface area contributed by atoms with Crippen LogP contribution in [0.3, 0.4) is 0 Å². The predicted molar refractivity (Wildman–Crippen MR) is 132 cm³/mol. The first-order chi connectivity index (χ1) is 16.9. The average molecular weight is 541 g/mol. The number of hydrogen-bond donors (Lipinski definition) is 8. The number of imidazole rings is 2. The zero-order valence-corrected chi connectivity index (χ0v) is 20.1. The molecule has 0 spiro atoms. The molecule has 1 fully saturated rings. The van der Waals surface area contributed by atoms with Gasteiger partial charge in [-0.25, -0.2) is 9.97 Å². The second kappa shape index (κ2) is 9.33. The summed E-state index contributed by atoms with van der Waals surface area (Å²) < 4.78 is 0.721. The minimum atomic E-state index is -0.220. The highest BCUT2D eigenvalue weighted by Gasteiger charge is 2.53. The number of H-pyrrole nitrogens is 4. The van der Waals surface area contributed by atoms with Crippen molar-refractivity contribution in [1.29, 1.82) is 0 Å². The largest absolute Gasteiger partial charge is 0.369 e. The van der Waals surface area contributed by atoms with E-state index >= 15 is 0 Å². The molecular weight excluding hydrogens is 516 g/mol. The van der Waals surface area contributed by atoms with Crippen molar-refractivity contribution in [2.45, 2.75) is 11.8 Å². The lowest BCUT2D eigenvalue weighted by atomic mass is 9.54. The Hall–Kier alpha value is -4.00. The van der Waals surface area contributed by atoms with E-state index in [2.05, 4.69) is 56.5 Å². The van der Waals surface area contributed by atoms with E-state index in [9.17, 15) is 9.59 Å². The van der Waals surface area contributed by atoms with Crippen molar-refractivity contribution in [3.63, 3.8) is 0 Å². The topological polar surface area (TPSA) is 199 Å². The molecule has 0 bridgehead atoms. The van der Waals surface area contributed by atoms with Gasteiger partial charge in [-0.3, -0.25) is 9.59 Å². The molecule has 0 aromatic carbocycles. The van der Waals surface area contributed by atoms with Gasteiger partial charge in [0.25, 0.3) is 11.8 Å². The van der Waals surface area contributed by atoms with Crippen LogP contribution in [0.1, 0.15) is 44.2 Å². The summed E-state index contributed by atoms with van der Waals surface area (Å²) in [5, 5.41) is 6.03. The quantitative estimate of drug-likeness (QED) is 0.167. The van der Waals surface area contributed by atoms with Crippen LogP contribution in [-0.4, -0.2) is 54.8 Å². The molecule has 35 heavy (non-hydrogen) atoms. The smallest absolute Gasteiger partial charge is 0.267 e. The first-order valence-corrected chi connectivity index (χ1v) is 11.8. The Morgan fingerprint density at radius 2 is 1.43 bits per heavy atom. The highest BCUT2D eigenvalue weighted by molar-refractivity contribution is 9.10. The maximum atomic E-state index is 12.7. The van der Waals surface area contributed by atoms with E-state index in [0.717, 1.165) is 16.0 Å². The molecule has 5 rings (SSSR count). The van der Waals surface area contributed by atoms with Crippen LogP contribution in [0, 0.1) is 11.8 Å². The molecule has 1 saturated carbocycles. The van der Waals surface area contributed by atoms with Gasteiger partial charge >= 0.3 is 0 Å². The summed E-state index contributed by atoms with van der Waals surface area (Å²) in [6.45, 7) is 0.762. The summed E-state index contributed by atoms with van der Waals surface area (Å²) in [7, 11) is 0. The first kappa shape index (κ1) is 22.8. The van der Waals surface area contributed by atoms with Crippen LogP contribution in [0.15, 0.2) is 47.5 Å². The molecule has 2 amide bonds. The van der Waals surface area contributed by atoms with E-state index in [-0.39, 0.29) is 35.5 Å². The fraction of sp³-hybridized carbons (Fsp3) is 0.273.